The van der Waals surface area contributed by atoms with E-state index >= 15 is 0 Å². The Morgan fingerprint density at radius 3 is 0.742 bits per heavy atom. The van der Waals surface area contributed by atoms with Gasteiger partial charge in [-0.2, -0.15) is 0 Å². The highest BCUT2D eigenvalue weighted by Crippen LogP contribution is 2.39. The Bertz CT molecular complexity index is 759. The largest absolute Gasteiger partial charge is 0.166 e. The maximum Gasteiger partial charge on any atom is 0.166 e. The van der Waals surface area contributed by atoms with Gasteiger partial charge >= 0.3 is 0 Å². The van der Waals surface area contributed by atoms with Crippen LogP contribution in [0.4, 0.5) is 0 Å². The summed E-state index contributed by atoms with van der Waals surface area (Å²) >= 11 is 35.3. The van der Waals surface area contributed by atoms with Crippen molar-refractivity contribution in [1.82, 2.24) is 0 Å². The number of alkyl halides is 6. The molecule has 0 spiro atoms. The van der Waals surface area contributed by atoms with Crippen LogP contribution < -0.4 is 0 Å². The molecule has 7 heteroatoms. The Morgan fingerprint density at radius 1 is 0.355 bits per heavy atom. The Morgan fingerprint density at radius 2 is 0.548 bits per heavy atom. The summed E-state index contributed by atoms with van der Waals surface area (Å²) in [4.78, 5) is 4.08. The first kappa shape index (κ1) is 25.4. The van der Waals surface area contributed by atoms with E-state index in [0.29, 0.717) is 0 Å². The molecule has 1 aliphatic rings. The molecule has 0 aliphatic heterocycles. The molecule has 0 amide bonds. The molecule has 1 saturated carbocycles. The molecule has 0 atom stereocenters. The van der Waals surface area contributed by atoms with Gasteiger partial charge in [-0.25, -0.2) is 0 Å². The molecule has 0 N–H and O–H groups in total. The van der Waals surface area contributed by atoms with Crippen molar-refractivity contribution >= 4 is 80.5 Å². The molecule has 0 nitrogen and oxygen atoms in total. The van der Waals surface area contributed by atoms with Crippen molar-refractivity contribution in [3.8, 4) is 0 Å². The molecule has 1 fully saturated rings. The summed E-state index contributed by atoms with van der Waals surface area (Å²) in [6.45, 7) is 0. The number of halogens is 6. The topological polar surface area (TPSA) is 0 Å². The summed E-state index contributed by atoms with van der Waals surface area (Å²) in [6, 6.07) is 32.2. The molecule has 0 aromatic heterocycles. The van der Waals surface area contributed by atoms with Crippen LogP contribution in [-0.2, 0) is 10.9 Å². The van der Waals surface area contributed by atoms with E-state index < -0.39 is 32.3 Å². The highest BCUT2D eigenvalue weighted by molar-refractivity contribution is 7.97. The Labute approximate surface area is 217 Å². The normalized spacial score (nSPS) is 28.0. The van der Waals surface area contributed by atoms with Crippen LogP contribution in [-0.4, -0.2) is 32.3 Å². The van der Waals surface area contributed by atoms with Crippen molar-refractivity contribution in [3.63, 3.8) is 0 Å². The summed E-state index contributed by atoms with van der Waals surface area (Å²) in [6.07, 6.45) is 0. The van der Waals surface area contributed by atoms with Crippen molar-refractivity contribution < 1.29 is 0 Å². The highest BCUT2D eigenvalue weighted by atomic mass is 35.5. The van der Waals surface area contributed by atoms with Gasteiger partial charge in [0.25, 0.3) is 0 Å². The van der Waals surface area contributed by atoms with Gasteiger partial charge < -0.3 is 0 Å². The molecular weight excluding hydrogens is 533 g/mol. The van der Waals surface area contributed by atoms with Crippen LogP contribution in [0.2, 0.25) is 0 Å². The molecule has 3 aromatic rings. The fourth-order valence-electron chi connectivity index (χ4n) is 3.13. The van der Waals surface area contributed by atoms with Crippen molar-refractivity contribution in [3.05, 3.63) is 91.0 Å². The molecule has 0 saturated heterocycles. The van der Waals surface area contributed by atoms with Gasteiger partial charge in [-0.05, 0) is 36.4 Å². The molecule has 0 heterocycles. The van der Waals surface area contributed by atoms with Crippen LogP contribution in [0.3, 0.4) is 0 Å². The smallest absolute Gasteiger partial charge is 0.120 e. The van der Waals surface area contributed by atoms with Crippen LogP contribution in [0.5, 0.6) is 0 Å². The lowest BCUT2D eigenvalue weighted by molar-refractivity contribution is 0.544. The minimum atomic E-state index is -0.437. The quantitative estimate of drug-likeness (QED) is 0.225. The Balaban J connectivity index is 0.000000196. The molecule has 0 bridgehead atoms. The van der Waals surface area contributed by atoms with Gasteiger partial charge in [-0.15, -0.1) is 69.6 Å². The maximum absolute atomic E-state index is 5.88. The Kier molecular flexibility index (Phi) is 10.1. The van der Waals surface area contributed by atoms with E-state index in [1.807, 2.05) is 0 Å². The molecule has 0 unspecified atom stereocenters. The third-order valence-electron chi connectivity index (χ3n) is 4.76. The van der Waals surface area contributed by atoms with Crippen LogP contribution in [0.15, 0.2) is 106 Å². The molecule has 164 valence electrons. The number of rotatable bonds is 3. The number of hydrogen-bond donors (Lipinski definition) is 0. The van der Waals surface area contributed by atoms with Gasteiger partial charge in [0.2, 0.25) is 0 Å². The monoisotopic (exact) mass is 551 g/mol. The van der Waals surface area contributed by atoms with Crippen molar-refractivity contribution in [2.75, 3.05) is 0 Å². The van der Waals surface area contributed by atoms with Crippen LogP contribution in [0.25, 0.3) is 0 Å². The molecule has 4 rings (SSSR count). The standard InChI is InChI=1S/C18H15S.C6H6Cl6/c1-4-10-16(11-5-1)19(17-12-6-2-7-13-17)18-14-8-3-9-15-18;7-1-2(8)4(10)6(12)5(11)3(1)9/h1-15H;1-6H/q+1;. The first-order valence-corrected chi connectivity index (χ1v) is 13.5. The van der Waals surface area contributed by atoms with Gasteiger partial charge in [-0.1, -0.05) is 54.6 Å². The average Bonchev–Trinajstić information content (AvgIpc) is 2.83. The zero-order valence-electron chi connectivity index (χ0n) is 16.3. The molecule has 0 radical (unpaired) electrons. The third kappa shape index (κ3) is 6.42. The lowest BCUT2D eigenvalue weighted by atomic mass is 9.97. The molecule has 31 heavy (non-hydrogen) atoms. The van der Waals surface area contributed by atoms with Crippen molar-refractivity contribution in [2.24, 2.45) is 0 Å². The number of hydrogen-bond acceptors (Lipinski definition) is 0. The van der Waals surface area contributed by atoms with Crippen LogP contribution in [0, 0.1) is 0 Å². The van der Waals surface area contributed by atoms with E-state index in [1.165, 1.54) is 14.7 Å². The summed E-state index contributed by atoms with van der Waals surface area (Å²) in [5.74, 6) is 0. The summed E-state index contributed by atoms with van der Waals surface area (Å²) < 4.78 is 0. The van der Waals surface area contributed by atoms with Crippen LogP contribution in [0.1, 0.15) is 0 Å². The van der Waals surface area contributed by atoms with Gasteiger partial charge in [0, 0.05) is 0 Å². The first-order chi connectivity index (χ1) is 14.9. The van der Waals surface area contributed by atoms with E-state index in [9.17, 15) is 0 Å². The maximum atomic E-state index is 5.88. The van der Waals surface area contributed by atoms with E-state index in [1.54, 1.807) is 0 Å². The fraction of sp³-hybridized carbons (Fsp3) is 0.250. The average molecular weight is 554 g/mol. The highest BCUT2D eigenvalue weighted by Gasteiger charge is 2.46. The lowest BCUT2D eigenvalue weighted by Crippen LogP contribution is -2.52. The number of benzene rings is 3. The van der Waals surface area contributed by atoms with Gasteiger partial charge in [-0.3, -0.25) is 0 Å². The predicted molar refractivity (Wildman–Crippen MR) is 139 cm³/mol. The van der Waals surface area contributed by atoms with E-state index in [4.69, 9.17) is 69.6 Å². The zero-order chi connectivity index (χ0) is 22.4. The fourth-order valence-corrected chi connectivity index (χ4v) is 7.56. The predicted octanol–water partition coefficient (Wildman–Crippen LogP) is 8.43. The van der Waals surface area contributed by atoms with E-state index in [0.717, 1.165) is 0 Å². The minimum Gasteiger partial charge on any atom is -0.120 e. The first-order valence-electron chi connectivity index (χ1n) is 9.65. The summed E-state index contributed by atoms with van der Waals surface area (Å²) in [7, 11) is -0.0146. The van der Waals surface area contributed by atoms with E-state index in [2.05, 4.69) is 91.0 Å². The second kappa shape index (κ2) is 12.3. The summed E-state index contributed by atoms with van der Waals surface area (Å²) in [5, 5.41) is -2.62. The molecular formula is C24H21Cl6S+. The third-order valence-corrected chi connectivity index (χ3v) is 11.0. The van der Waals surface area contributed by atoms with Crippen molar-refractivity contribution in [2.45, 2.75) is 46.9 Å². The van der Waals surface area contributed by atoms with Crippen LogP contribution >= 0.6 is 69.6 Å². The second-order valence-corrected chi connectivity index (χ2v) is 12.0. The minimum absolute atomic E-state index is 0.0146. The second-order valence-electron chi connectivity index (χ2n) is 6.91. The van der Waals surface area contributed by atoms with Gasteiger partial charge in [0.05, 0.1) is 43.2 Å². The van der Waals surface area contributed by atoms with Gasteiger partial charge in [0.15, 0.2) is 14.7 Å². The zero-order valence-corrected chi connectivity index (χ0v) is 21.7. The Hall–Kier alpha value is -0.250. The SMILES string of the molecule is ClC1C(Cl)C(Cl)C(Cl)C(Cl)C1Cl.c1ccc([S+](c2ccccc2)c2ccccc2)cc1. The van der Waals surface area contributed by atoms with E-state index in [-0.39, 0.29) is 10.9 Å². The summed E-state index contributed by atoms with van der Waals surface area (Å²) in [5.41, 5.74) is 0. The van der Waals surface area contributed by atoms with Gasteiger partial charge in [0.1, 0.15) is 0 Å². The lowest BCUT2D eigenvalue weighted by Gasteiger charge is -2.37. The van der Waals surface area contributed by atoms with Crippen molar-refractivity contribution in [1.29, 1.82) is 0 Å². The molecule has 1 aliphatic carbocycles. The molecule has 3 aromatic carbocycles.